The first kappa shape index (κ1) is 29.7. The molecule has 1 aliphatic carbocycles. The van der Waals surface area contributed by atoms with Crippen molar-refractivity contribution in [2.75, 3.05) is 38.1 Å². The van der Waals surface area contributed by atoms with Crippen molar-refractivity contribution in [1.29, 1.82) is 0 Å². The topological polar surface area (TPSA) is 101 Å². The number of carbonyl (C=O) groups is 1. The first-order valence-electron chi connectivity index (χ1n) is 14.1. The van der Waals surface area contributed by atoms with Crippen molar-refractivity contribution >= 4 is 28.2 Å². The molecule has 1 saturated heterocycles. The summed E-state index contributed by atoms with van der Waals surface area (Å²) >= 11 is 0. The van der Waals surface area contributed by atoms with E-state index >= 15 is 0 Å². The third kappa shape index (κ3) is 7.35. The number of piperazine rings is 1. The largest absolute Gasteiger partial charge is 0.423 e. The SMILES string of the molecule is Cc1ccc2cc(CN3CCN(C(=O)COC4CCC(Nc5ccc([N+](=O)[O-])c(C(F)(F)F)c5)CC4)CC3)cnc2c1. The van der Waals surface area contributed by atoms with Gasteiger partial charge in [0.1, 0.15) is 12.2 Å². The molecule has 1 saturated carbocycles. The number of nitrogens with one attached hydrogen (secondary N) is 1. The Hall–Kier alpha value is -3.77. The minimum absolute atomic E-state index is 0.00800. The Balaban J connectivity index is 1.03. The van der Waals surface area contributed by atoms with Crippen LogP contribution in [0.25, 0.3) is 10.9 Å². The van der Waals surface area contributed by atoms with Crippen molar-refractivity contribution in [3.8, 4) is 0 Å². The van der Waals surface area contributed by atoms with E-state index in [-0.39, 0.29) is 30.3 Å². The lowest BCUT2D eigenvalue weighted by atomic mass is 9.92. The van der Waals surface area contributed by atoms with E-state index in [2.05, 4.69) is 46.4 Å². The molecular weight excluding hydrogens is 551 g/mol. The zero-order valence-electron chi connectivity index (χ0n) is 23.4. The fourth-order valence-electron chi connectivity index (χ4n) is 5.68. The number of amides is 1. The van der Waals surface area contributed by atoms with Gasteiger partial charge in [-0.1, -0.05) is 12.1 Å². The standard InChI is InChI=1S/C30H34F3N5O4/c1-20-2-3-22-15-21(17-34-27(22)14-20)18-36-10-12-37(13-11-36)29(39)19-42-25-7-4-23(5-8-25)35-24-6-9-28(38(40)41)26(16-24)30(31,32)33/h2-3,6,9,14-17,23,25,35H,4-5,7-8,10-13,18-19H2,1H3. The highest BCUT2D eigenvalue weighted by Crippen LogP contribution is 2.38. The van der Waals surface area contributed by atoms with Gasteiger partial charge in [0.05, 0.1) is 16.5 Å². The van der Waals surface area contributed by atoms with E-state index in [1.165, 1.54) is 11.6 Å². The van der Waals surface area contributed by atoms with E-state index in [0.717, 1.165) is 48.2 Å². The number of hydrogen-bond acceptors (Lipinski definition) is 7. The van der Waals surface area contributed by atoms with Gasteiger partial charge in [-0.15, -0.1) is 0 Å². The average Bonchev–Trinajstić information content (AvgIpc) is 2.96. The highest BCUT2D eigenvalue weighted by molar-refractivity contribution is 5.79. The summed E-state index contributed by atoms with van der Waals surface area (Å²) in [7, 11) is 0. The summed E-state index contributed by atoms with van der Waals surface area (Å²) in [6.07, 6.45) is -0.366. The normalized spacial score (nSPS) is 20.0. The van der Waals surface area contributed by atoms with Gasteiger partial charge in [-0.2, -0.15) is 13.2 Å². The molecule has 1 amide bonds. The van der Waals surface area contributed by atoms with Gasteiger partial charge in [-0.25, -0.2) is 0 Å². The molecule has 5 rings (SSSR count). The second-order valence-electron chi connectivity index (χ2n) is 11.1. The predicted octanol–water partition coefficient (Wildman–Crippen LogP) is 5.55. The Morgan fingerprint density at radius 1 is 1.07 bits per heavy atom. The maximum atomic E-state index is 13.3. The zero-order valence-corrected chi connectivity index (χ0v) is 23.4. The molecule has 2 aliphatic rings. The molecular formula is C30H34F3N5O4. The monoisotopic (exact) mass is 585 g/mol. The predicted molar refractivity (Wildman–Crippen MR) is 152 cm³/mol. The maximum Gasteiger partial charge on any atom is 0.423 e. The van der Waals surface area contributed by atoms with E-state index < -0.39 is 22.4 Å². The van der Waals surface area contributed by atoms with Crippen LogP contribution in [0.1, 0.15) is 42.4 Å². The summed E-state index contributed by atoms with van der Waals surface area (Å²) in [5.74, 6) is -0.0387. The molecule has 1 aromatic heterocycles. The highest BCUT2D eigenvalue weighted by atomic mass is 19.4. The van der Waals surface area contributed by atoms with Crippen LogP contribution >= 0.6 is 0 Å². The van der Waals surface area contributed by atoms with Gasteiger partial charge in [0.15, 0.2) is 0 Å². The van der Waals surface area contributed by atoms with Gasteiger partial charge < -0.3 is 15.0 Å². The molecule has 0 spiro atoms. The maximum absolute atomic E-state index is 13.3. The lowest BCUT2D eigenvalue weighted by Crippen LogP contribution is -2.49. The number of nitrogens with zero attached hydrogens (tertiary/aromatic N) is 4. The molecule has 3 aromatic rings. The molecule has 0 bridgehead atoms. The number of fused-ring (bicyclic) bond motifs is 1. The van der Waals surface area contributed by atoms with Crippen LogP contribution in [0, 0.1) is 17.0 Å². The number of nitro benzene ring substituents is 1. The molecule has 2 heterocycles. The number of pyridine rings is 1. The number of anilines is 1. The van der Waals surface area contributed by atoms with E-state index in [1.54, 1.807) is 0 Å². The molecule has 2 fully saturated rings. The van der Waals surface area contributed by atoms with Crippen LogP contribution in [0.15, 0.2) is 48.7 Å². The van der Waals surface area contributed by atoms with Crippen LogP contribution in [0.5, 0.6) is 0 Å². The summed E-state index contributed by atoms with van der Waals surface area (Å²) in [5, 5.41) is 15.2. The summed E-state index contributed by atoms with van der Waals surface area (Å²) in [5.41, 5.74) is 1.28. The first-order valence-corrected chi connectivity index (χ1v) is 14.1. The molecule has 42 heavy (non-hydrogen) atoms. The Labute approximate surface area is 241 Å². The number of rotatable bonds is 8. The van der Waals surface area contributed by atoms with Crippen molar-refractivity contribution in [3.05, 3.63) is 75.5 Å². The van der Waals surface area contributed by atoms with Crippen LogP contribution in [0.3, 0.4) is 0 Å². The quantitative estimate of drug-likeness (QED) is 0.273. The Kier molecular flexibility index (Phi) is 8.93. The number of ether oxygens (including phenoxy) is 1. The Morgan fingerprint density at radius 3 is 2.50 bits per heavy atom. The fourth-order valence-corrected chi connectivity index (χ4v) is 5.68. The number of nitro groups is 1. The van der Waals surface area contributed by atoms with E-state index in [1.807, 2.05) is 11.1 Å². The molecule has 0 atom stereocenters. The Morgan fingerprint density at radius 2 is 1.81 bits per heavy atom. The molecule has 1 N–H and O–H groups in total. The molecule has 12 heteroatoms. The molecule has 2 aromatic carbocycles. The molecule has 0 radical (unpaired) electrons. The van der Waals surface area contributed by atoms with Crippen molar-refractivity contribution in [1.82, 2.24) is 14.8 Å². The Bertz CT molecular complexity index is 1430. The van der Waals surface area contributed by atoms with Gasteiger partial charge in [0, 0.05) is 62.1 Å². The molecule has 224 valence electrons. The van der Waals surface area contributed by atoms with Gasteiger partial charge >= 0.3 is 6.18 Å². The van der Waals surface area contributed by atoms with Crippen molar-refractivity contribution in [2.45, 2.75) is 57.5 Å². The van der Waals surface area contributed by atoms with Crippen molar-refractivity contribution < 1.29 is 27.6 Å². The van der Waals surface area contributed by atoms with Gasteiger partial charge in [0.2, 0.25) is 5.91 Å². The van der Waals surface area contributed by atoms with Gasteiger partial charge in [0.25, 0.3) is 5.69 Å². The minimum atomic E-state index is -4.82. The molecule has 9 nitrogen and oxygen atoms in total. The summed E-state index contributed by atoms with van der Waals surface area (Å²) in [4.78, 5) is 31.5. The second-order valence-corrected chi connectivity index (χ2v) is 11.1. The van der Waals surface area contributed by atoms with Crippen LogP contribution in [0.4, 0.5) is 24.5 Å². The van der Waals surface area contributed by atoms with E-state index in [9.17, 15) is 28.1 Å². The van der Waals surface area contributed by atoms with Gasteiger partial charge in [-0.05, 0) is 68.0 Å². The van der Waals surface area contributed by atoms with E-state index in [0.29, 0.717) is 38.8 Å². The van der Waals surface area contributed by atoms with Crippen LogP contribution < -0.4 is 5.32 Å². The lowest BCUT2D eigenvalue weighted by Gasteiger charge is -2.35. The number of benzene rings is 2. The first-order chi connectivity index (χ1) is 20.0. The fraction of sp³-hybridized carbons (Fsp3) is 0.467. The van der Waals surface area contributed by atoms with E-state index in [4.69, 9.17) is 4.74 Å². The summed E-state index contributed by atoms with van der Waals surface area (Å²) < 4.78 is 45.8. The number of carbonyl (C=O) groups excluding carboxylic acids is 1. The van der Waals surface area contributed by atoms with Crippen LogP contribution in [0.2, 0.25) is 0 Å². The summed E-state index contributed by atoms with van der Waals surface area (Å²) in [6, 6.07) is 11.3. The lowest BCUT2D eigenvalue weighted by molar-refractivity contribution is -0.388. The highest BCUT2D eigenvalue weighted by Gasteiger charge is 2.38. The number of halogens is 3. The van der Waals surface area contributed by atoms with Crippen LogP contribution in [-0.4, -0.2) is 70.5 Å². The van der Waals surface area contributed by atoms with Crippen molar-refractivity contribution in [2.24, 2.45) is 0 Å². The molecule has 0 unspecified atom stereocenters. The van der Waals surface area contributed by atoms with Crippen LogP contribution in [-0.2, 0) is 22.3 Å². The zero-order chi connectivity index (χ0) is 29.9. The minimum Gasteiger partial charge on any atom is -0.382 e. The third-order valence-corrected chi connectivity index (χ3v) is 8.01. The number of alkyl halides is 3. The number of aromatic nitrogens is 1. The number of hydrogen-bond donors (Lipinski definition) is 1. The van der Waals surface area contributed by atoms with Crippen molar-refractivity contribution in [3.63, 3.8) is 0 Å². The average molecular weight is 586 g/mol. The second kappa shape index (κ2) is 12.6. The summed E-state index contributed by atoms with van der Waals surface area (Å²) in [6.45, 7) is 5.65. The smallest absolute Gasteiger partial charge is 0.382 e. The van der Waals surface area contributed by atoms with Gasteiger partial charge in [-0.3, -0.25) is 24.8 Å². The molecule has 1 aliphatic heterocycles. The number of aryl methyl sites for hydroxylation is 1. The third-order valence-electron chi connectivity index (χ3n) is 8.01.